The molecule has 0 atom stereocenters. The number of benzene rings is 1. The van der Waals surface area contributed by atoms with Crippen LogP contribution in [0.25, 0.3) is 0 Å². The van der Waals surface area contributed by atoms with E-state index < -0.39 is 16.1 Å². The second kappa shape index (κ2) is 5.15. The second-order valence-electron chi connectivity index (χ2n) is 6.22. The van der Waals surface area contributed by atoms with E-state index >= 15 is 0 Å². The van der Waals surface area contributed by atoms with Crippen LogP contribution in [0.4, 0.5) is 0 Å². The van der Waals surface area contributed by atoms with Crippen molar-refractivity contribution < 1.29 is 0 Å². The molecule has 0 saturated heterocycles. The molecule has 0 heterocycles. The molecule has 1 aromatic rings. The van der Waals surface area contributed by atoms with Gasteiger partial charge in [-0.1, -0.05) is 80.0 Å². The van der Waals surface area contributed by atoms with Gasteiger partial charge in [-0.25, -0.2) is 0 Å². The van der Waals surface area contributed by atoms with E-state index in [2.05, 4.69) is 74.8 Å². The van der Waals surface area contributed by atoms with Crippen LogP contribution in [0.15, 0.2) is 42.1 Å². The molecule has 0 fully saturated rings. The summed E-state index contributed by atoms with van der Waals surface area (Å²) in [6.07, 6.45) is 2.44. The van der Waals surface area contributed by atoms with Crippen LogP contribution >= 0.6 is 0 Å². The topological polar surface area (TPSA) is 0 Å². The lowest BCUT2D eigenvalue weighted by atomic mass is 10.4. The molecule has 1 aromatic carbocycles. The van der Waals surface area contributed by atoms with Crippen molar-refractivity contribution in [2.24, 2.45) is 0 Å². The zero-order valence-corrected chi connectivity index (χ0v) is 13.2. The Bertz CT molecular complexity index is 345. The first kappa shape index (κ1) is 13.5. The third kappa shape index (κ3) is 4.50. The normalized spacial score (nSPS) is 13.3. The molecule has 1 rings (SSSR count). The molecule has 0 unspecified atom stereocenters. The average molecular weight is 249 g/mol. The Morgan fingerprint density at radius 1 is 0.938 bits per heavy atom. The molecule has 0 amide bonds. The lowest BCUT2D eigenvalue weighted by molar-refractivity contribution is 1.53. The SMILES string of the molecule is C[Si](C)(C)/C=C/C[Si](C)(C)c1ccccc1. The van der Waals surface area contributed by atoms with E-state index in [1.54, 1.807) is 5.19 Å². The fraction of sp³-hybridized carbons (Fsp3) is 0.429. The van der Waals surface area contributed by atoms with Gasteiger partial charge in [0.05, 0.1) is 16.1 Å². The predicted octanol–water partition coefficient (Wildman–Crippen LogP) is 4.04. The first-order chi connectivity index (χ1) is 7.31. The third-order valence-electron chi connectivity index (χ3n) is 2.80. The van der Waals surface area contributed by atoms with Crippen LogP contribution in [0.1, 0.15) is 0 Å². The lowest BCUT2D eigenvalue weighted by Crippen LogP contribution is -2.40. The number of hydrogen-bond acceptors (Lipinski definition) is 0. The largest absolute Gasteiger partial charge is 0.0992 e. The predicted molar refractivity (Wildman–Crippen MR) is 80.9 cm³/mol. The van der Waals surface area contributed by atoms with Crippen molar-refractivity contribution >= 4 is 21.3 Å². The highest BCUT2D eigenvalue weighted by Crippen LogP contribution is 2.12. The Hall–Kier alpha value is -0.606. The van der Waals surface area contributed by atoms with Gasteiger partial charge in [0.15, 0.2) is 0 Å². The Balaban J connectivity index is 2.70. The maximum absolute atomic E-state index is 2.48. The summed E-state index contributed by atoms with van der Waals surface area (Å²) >= 11 is 0. The maximum Gasteiger partial charge on any atom is 0.0843 e. The van der Waals surface area contributed by atoms with Gasteiger partial charge in [0, 0.05) is 0 Å². The van der Waals surface area contributed by atoms with E-state index in [0.29, 0.717) is 0 Å². The van der Waals surface area contributed by atoms with Crippen molar-refractivity contribution in [2.75, 3.05) is 0 Å². The quantitative estimate of drug-likeness (QED) is 0.706. The third-order valence-corrected chi connectivity index (χ3v) is 7.19. The van der Waals surface area contributed by atoms with Crippen molar-refractivity contribution in [1.82, 2.24) is 0 Å². The summed E-state index contributed by atoms with van der Waals surface area (Å²) in [5, 5.41) is 1.57. The Morgan fingerprint density at radius 3 is 2.00 bits per heavy atom. The van der Waals surface area contributed by atoms with E-state index in [4.69, 9.17) is 0 Å². The zero-order valence-electron chi connectivity index (χ0n) is 11.2. The van der Waals surface area contributed by atoms with E-state index in [1.807, 2.05) is 0 Å². The van der Waals surface area contributed by atoms with Crippen molar-refractivity contribution in [1.29, 1.82) is 0 Å². The lowest BCUT2D eigenvalue weighted by Gasteiger charge is -2.21. The van der Waals surface area contributed by atoms with Gasteiger partial charge >= 0.3 is 0 Å². The minimum Gasteiger partial charge on any atom is -0.0992 e. The average Bonchev–Trinajstić information content (AvgIpc) is 2.17. The van der Waals surface area contributed by atoms with E-state index in [0.717, 1.165) is 0 Å². The fourth-order valence-electron chi connectivity index (χ4n) is 1.71. The molecular weight excluding hydrogens is 224 g/mol. The van der Waals surface area contributed by atoms with Gasteiger partial charge in [-0.05, 0) is 6.04 Å². The molecule has 0 nitrogen and oxygen atoms in total. The van der Waals surface area contributed by atoms with Crippen LogP contribution < -0.4 is 5.19 Å². The van der Waals surface area contributed by atoms with E-state index in [9.17, 15) is 0 Å². The van der Waals surface area contributed by atoms with E-state index in [1.165, 1.54) is 6.04 Å². The van der Waals surface area contributed by atoms with Crippen LogP contribution in [0.2, 0.25) is 38.8 Å². The summed E-state index contributed by atoms with van der Waals surface area (Å²) in [4.78, 5) is 0. The van der Waals surface area contributed by atoms with Gasteiger partial charge in [0.1, 0.15) is 0 Å². The standard InChI is InChI=1S/C14H24Si2/c1-15(2,3)12-9-13-16(4,5)14-10-7-6-8-11-14/h6-12H,13H2,1-5H3/b12-9+. The van der Waals surface area contributed by atoms with Gasteiger partial charge in [-0.15, -0.1) is 0 Å². The van der Waals surface area contributed by atoms with Crippen LogP contribution in [0, 0.1) is 0 Å². The first-order valence-electron chi connectivity index (χ1n) is 6.04. The van der Waals surface area contributed by atoms with Crippen molar-refractivity contribution in [3.8, 4) is 0 Å². The number of rotatable bonds is 4. The monoisotopic (exact) mass is 248 g/mol. The molecule has 0 bridgehead atoms. The highest BCUT2D eigenvalue weighted by molar-refractivity contribution is 6.90. The molecule has 0 saturated carbocycles. The fourth-order valence-corrected chi connectivity index (χ4v) is 4.81. The van der Waals surface area contributed by atoms with Gasteiger partial charge in [0.25, 0.3) is 0 Å². The molecule has 2 heteroatoms. The molecule has 0 aliphatic carbocycles. The highest BCUT2D eigenvalue weighted by Gasteiger charge is 2.21. The summed E-state index contributed by atoms with van der Waals surface area (Å²) in [6.45, 7) is 12.1. The van der Waals surface area contributed by atoms with Crippen LogP contribution in [-0.4, -0.2) is 16.1 Å². The minimum atomic E-state index is -1.24. The van der Waals surface area contributed by atoms with E-state index in [-0.39, 0.29) is 0 Å². The molecule has 0 radical (unpaired) electrons. The van der Waals surface area contributed by atoms with Gasteiger partial charge < -0.3 is 0 Å². The highest BCUT2D eigenvalue weighted by atomic mass is 28.3. The van der Waals surface area contributed by atoms with Crippen LogP contribution in [-0.2, 0) is 0 Å². The molecule has 0 spiro atoms. The molecule has 0 aliphatic rings. The second-order valence-corrected chi connectivity index (χ2v) is 16.0. The minimum absolute atomic E-state index is 1.02. The number of allylic oxidation sites excluding steroid dienone is 1. The van der Waals surface area contributed by atoms with Crippen LogP contribution in [0.3, 0.4) is 0 Å². The van der Waals surface area contributed by atoms with Crippen molar-refractivity contribution in [3.63, 3.8) is 0 Å². The molecule has 0 aliphatic heterocycles. The number of hydrogen-bond donors (Lipinski definition) is 0. The Morgan fingerprint density at radius 2 is 1.50 bits per heavy atom. The van der Waals surface area contributed by atoms with Gasteiger partial charge in [0.2, 0.25) is 0 Å². The summed E-state index contributed by atoms with van der Waals surface area (Å²) in [6, 6.07) is 12.3. The van der Waals surface area contributed by atoms with Gasteiger partial charge in [-0.2, -0.15) is 0 Å². The zero-order chi connectivity index (χ0) is 12.2. The summed E-state index contributed by atoms with van der Waals surface area (Å²) in [5.41, 5.74) is 2.48. The maximum atomic E-state index is 2.48. The first-order valence-corrected chi connectivity index (χ1v) is 12.8. The summed E-state index contributed by atoms with van der Waals surface area (Å²) in [7, 11) is -2.26. The molecule has 16 heavy (non-hydrogen) atoms. The molecule has 0 aromatic heterocycles. The molecular formula is C14H24Si2. The van der Waals surface area contributed by atoms with Crippen molar-refractivity contribution in [2.45, 2.75) is 38.8 Å². The Labute approximate surface area is 102 Å². The summed E-state index contributed by atoms with van der Waals surface area (Å²) < 4.78 is 0. The molecule has 88 valence electrons. The summed E-state index contributed by atoms with van der Waals surface area (Å²) in [5.74, 6) is 0. The van der Waals surface area contributed by atoms with Crippen LogP contribution in [0.5, 0.6) is 0 Å². The molecule has 0 N–H and O–H groups in total. The van der Waals surface area contributed by atoms with Gasteiger partial charge in [-0.3, -0.25) is 0 Å². The van der Waals surface area contributed by atoms with Crippen molar-refractivity contribution in [3.05, 3.63) is 42.1 Å². The smallest absolute Gasteiger partial charge is 0.0843 e. The Kier molecular flexibility index (Phi) is 4.33.